The van der Waals surface area contributed by atoms with E-state index in [2.05, 4.69) is 19.1 Å². The van der Waals surface area contributed by atoms with E-state index >= 15 is 0 Å². The molecule has 3 rings (SSSR count). The number of hydrogen-bond donors (Lipinski definition) is 0. The first kappa shape index (κ1) is 18.1. The summed E-state index contributed by atoms with van der Waals surface area (Å²) in [5, 5.41) is 0. The molecule has 2 aromatic rings. The maximum atomic E-state index is 14.4. The topological polar surface area (TPSA) is 0 Å². The van der Waals surface area contributed by atoms with Crippen LogP contribution < -0.4 is 0 Å². The zero-order valence-electron chi connectivity index (χ0n) is 15.3. The number of halogens is 2. The van der Waals surface area contributed by atoms with Crippen LogP contribution in [0.3, 0.4) is 0 Å². The van der Waals surface area contributed by atoms with Gasteiger partial charge in [-0.3, -0.25) is 0 Å². The Morgan fingerprint density at radius 1 is 0.840 bits per heavy atom. The van der Waals surface area contributed by atoms with Crippen LogP contribution in [0.2, 0.25) is 0 Å². The van der Waals surface area contributed by atoms with E-state index in [1.165, 1.54) is 37.7 Å². The van der Waals surface area contributed by atoms with E-state index in [-0.39, 0.29) is 0 Å². The van der Waals surface area contributed by atoms with E-state index in [4.69, 9.17) is 0 Å². The van der Waals surface area contributed by atoms with E-state index in [0.717, 1.165) is 17.9 Å². The highest BCUT2D eigenvalue weighted by Crippen LogP contribution is 2.37. The second-order valence-corrected chi connectivity index (χ2v) is 7.40. The molecule has 0 atom stereocenters. The molecule has 0 heterocycles. The van der Waals surface area contributed by atoms with E-state index in [1.807, 2.05) is 19.1 Å². The van der Waals surface area contributed by atoms with Gasteiger partial charge in [-0.15, -0.1) is 0 Å². The van der Waals surface area contributed by atoms with Crippen LogP contribution in [0.4, 0.5) is 8.78 Å². The largest absolute Gasteiger partial charge is 0.203 e. The molecule has 0 N–H and O–H groups in total. The Labute approximate surface area is 150 Å². The van der Waals surface area contributed by atoms with Crippen molar-refractivity contribution in [3.8, 4) is 11.1 Å². The van der Waals surface area contributed by atoms with Gasteiger partial charge in [0.05, 0.1) is 0 Å². The molecule has 1 aliphatic carbocycles. The van der Waals surface area contributed by atoms with Crippen LogP contribution in [0.25, 0.3) is 11.1 Å². The van der Waals surface area contributed by atoms with Gasteiger partial charge in [0.2, 0.25) is 0 Å². The Balaban J connectivity index is 1.78. The van der Waals surface area contributed by atoms with E-state index in [1.54, 1.807) is 12.1 Å². The molecule has 2 aromatic carbocycles. The molecule has 0 nitrogen and oxygen atoms in total. The Morgan fingerprint density at radius 2 is 1.52 bits per heavy atom. The van der Waals surface area contributed by atoms with Gasteiger partial charge in [0.15, 0.2) is 11.6 Å². The highest BCUT2D eigenvalue weighted by Gasteiger charge is 2.21. The molecule has 134 valence electrons. The lowest BCUT2D eigenvalue weighted by molar-refractivity contribution is 0.319. The lowest BCUT2D eigenvalue weighted by Crippen LogP contribution is -2.12. The highest BCUT2D eigenvalue weighted by molar-refractivity contribution is 5.65. The van der Waals surface area contributed by atoms with Crippen molar-refractivity contribution >= 4 is 0 Å². The Morgan fingerprint density at radius 3 is 2.12 bits per heavy atom. The van der Waals surface area contributed by atoms with Crippen molar-refractivity contribution in [3.05, 3.63) is 59.2 Å². The van der Waals surface area contributed by atoms with Crippen LogP contribution in [-0.4, -0.2) is 0 Å². The fourth-order valence-electron chi connectivity index (χ4n) is 4.11. The van der Waals surface area contributed by atoms with Gasteiger partial charge in [-0.05, 0) is 60.6 Å². The van der Waals surface area contributed by atoms with Crippen LogP contribution >= 0.6 is 0 Å². The van der Waals surface area contributed by atoms with Crippen molar-refractivity contribution in [3.63, 3.8) is 0 Å². The molecular weight excluding hydrogens is 314 g/mol. The summed E-state index contributed by atoms with van der Waals surface area (Å²) in [6.07, 6.45) is 7.76. The van der Waals surface area contributed by atoms with Gasteiger partial charge in [-0.2, -0.15) is 0 Å². The summed E-state index contributed by atoms with van der Waals surface area (Å²) >= 11 is 0. The smallest absolute Gasteiger partial charge is 0.166 e. The first-order valence-corrected chi connectivity index (χ1v) is 9.71. The summed E-state index contributed by atoms with van der Waals surface area (Å²) in [6.45, 7) is 4.25. The quantitative estimate of drug-likeness (QED) is 0.536. The van der Waals surface area contributed by atoms with Gasteiger partial charge in [0.1, 0.15) is 0 Å². The average molecular weight is 342 g/mol. The first-order valence-electron chi connectivity index (χ1n) is 9.71. The van der Waals surface area contributed by atoms with Crippen molar-refractivity contribution in [1.29, 1.82) is 0 Å². The van der Waals surface area contributed by atoms with Crippen LogP contribution in [0.1, 0.15) is 69.4 Å². The third kappa shape index (κ3) is 3.94. The SMILES string of the molecule is CCCc1ccc(-c2ccc(C3CCC(CC)CC3)cc2)c(F)c1F. The fraction of sp³-hybridized carbons (Fsp3) is 0.478. The van der Waals surface area contributed by atoms with Crippen molar-refractivity contribution in [2.75, 3.05) is 0 Å². The second-order valence-electron chi connectivity index (χ2n) is 7.40. The van der Waals surface area contributed by atoms with Crippen LogP contribution in [0.15, 0.2) is 36.4 Å². The summed E-state index contributed by atoms with van der Waals surface area (Å²) in [4.78, 5) is 0. The van der Waals surface area contributed by atoms with Crippen LogP contribution in [0.5, 0.6) is 0 Å². The van der Waals surface area contributed by atoms with Gasteiger partial charge < -0.3 is 0 Å². The van der Waals surface area contributed by atoms with E-state index in [9.17, 15) is 8.78 Å². The van der Waals surface area contributed by atoms with Gasteiger partial charge in [0.25, 0.3) is 0 Å². The third-order valence-electron chi connectivity index (χ3n) is 5.80. The summed E-state index contributed by atoms with van der Waals surface area (Å²) in [6, 6.07) is 11.5. The number of rotatable bonds is 5. The predicted octanol–water partition coefficient (Wildman–Crippen LogP) is 7.27. The molecule has 1 saturated carbocycles. The standard InChI is InChI=1S/C23H28F2/c1-3-5-20-14-15-21(23(25)22(20)24)19-12-10-18(11-13-19)17-8-6-16(4-2)7-9-17/h10-17H,3-9H2,1-2H3. The molecule has 1 aliphatic rings. The maximum Gasteiger partial charge on any atom is 0.166 e. The zero-order chi connectivity index (χ0) is 17.8. The summed E-state index contributed by atoms with van der Waals surface area (Å²) in [5.74, 6) is 0.0862. The van der Waals surface area contributed by atoms with E-state index in [0.29, 0.717) is 23.5 Å². The molecule has 0 amide bonds. The average Bonchev–Trinajstić information content (AvgIpc) is 2.66. The Hall–Kier alpha value is -1.70. The lowest BCUT2D eigenvalue weighted by atomic mass is 9.77. The minimum Gasteiger partial charge on any atom is -0.203 e. The molecule has 0 aliphatic heterocycles. The summed E-state index contributed by atoms with van der Waals surface area (Å²) in [5.41, 5.74) is 2.92. The normalized spacial score (nSPS) is 20.6. The molecule has 0 bridgehead atoms. The summed E-state index contributed by atoms with van der Waals surface area (Å²) in [7, 11) is 0. The van der Waals surface area contributed by atoms with Crippen molar-refractivity contribution in [1.82, 2.24) is 0 Å². The van der Waals surface area contributed by atoms with Crippen LogP contribution in [-0.2, 0) is 6.42 Å². The lowest BCUT2D eigenvalue weighted by Gasteiger charge is -2.28. The first-order chi connectivity index (χ1) is 12.1. The fourth-order valence-corrected chi connectivity index (χ4v) is 4.11. The zero-order valence-corrected chi connectivity index (χ0v) is 15.3. The van der Waals surface area contributed by atoms with Crippen LogP contribution in [0, 0.1) is 17.6 Å². The van der Waals surface area contributed by atoms with Crippen molar-refractivity contribution in [2.45, 2.75) is 64.7 Å². The molecule has 0 saturated heterocycles. The second kappa shape index (κ2) is 8.12. The highest BCUT2D eigenvalue weighted by atomic mass is 19.2. The number of aryl methyl sites for hydroxylation is 1. The van der Waals surface area contributed by atoms with Crippen molar-refractivity contribution in [2.24, 2.45) is 5.92 Å². The molecule has 0 spiro atoms. The van der Waals surface area contributed by atoms with Gasteiger partial charge in [-0.25, -0.2) is 8.78 Å². The molecule has 0 aromatic heterocycles. The Kier molecular flexibility index (Phi) is 5.88. The minimum atomic E-state index is -0.720. The molecule has 0 radical (unpaired) electrons. The molecule has 0 unspecified atom stereocenters. The monoisotopic (exact) mass is 342 g/mol. The Bertz CT molecular complexity index is 695. The third-order valence-corrected chi connectivity index (χ3v) is 5.80. The molecule has 25 heavy (non-hydrogen) atoms. The minimum absolute atomic E-state index is 0.360. The van der Waals surface area contributed by atoms with Gasteiger partial charge in [0, 0.05) is 5.56 Å². The number of hydrogen-bond acceptors (Lipinski definition) is 0. The summed E-state index contributed by atoms with van der Waals surface area (Å²) < 4.78 is 28.6. The van der Waals surface area contributed by atoms with Gasteiger partial charge in [-0.1, -0.05) is 63.1 Å². The number of benzene rings is 2. The predicted molar refractivity (Wildman–Crippen MR) is 101 cm³/mol. The maximum absolute atomic E-state index is 14.4. The van der Waals surface area contributed by atoms with E-state index < -0.39 is 11.6 Å². The molecule has 1 fully saturated rings. The molecule has 2 heteroatoms. The molecular formula is C23H28F2. The van der Waals surface area contributed by atoms with Gasteiger partial charge >= 0.3 is 0 Å². The van der Waals surface area contributed by atoms with Crippen molar-refractivity contribution < 1.29 is 8.78 Å².